The third-order valence-electron chi connectivity index (χ3n) is 2.61. The van der Waals surface area contributed by atoms with Gasteiger partial charge < -0.3 is 16.2 Å². The second-order valence-corrected chi connectivity index (χ2v) is 3.83. The lowest BCUT2D eigenvalue weighted by atomic mass is 10.2. The molecule has 0 saturated heterocycles. The summed E-state index contributed by atoms with van der Waals surface area (Å²) in [5.74, 6) is -0.0594. The van der Waals surface area contributed by atoms with Gasteiger partial charge in [0.25, 0.3) is 5.91 Å². The van der Waals surface area contributed by atoms with Gasteiger partial charge in [-0.1, -0.05) is 0 Å². The molecule has 0 spiro atoms. The van der Waals surface area contributed by atoms with Crippen LogP contribution in [0.1, 0.15) is 23.2 Å². The summed E-state index contributed by atoms with van der Waals surface area (Å²) in [5.41, 5.74) is 5.28. The van der Waals surface area contributed by atoms with Gasteiger partial charge in [-0.2, -0.15) is 0 Å². The molecule has 2 rings (SSSR count). The molecule has 1 aliphatic carbocycles. The molecule has 0 bridgehead atoms. The Kier molecular flexibility index (Phi) is 2.32. The number of anilines is 1. The number of hydrogen-bond acceptors (Lipinski definition) is 4. The Bertz CT molecular complexity index is 388. The summed E-state index contributed by atoms with van der Waals surface area (Å²) in [5, 5.41) is 12.2. The largest absolute Gasteiger partial charge is 0.394 e. The Morgan fingerprint density at radius 2 is 2.40 bits per heavy atom. The van der Waals surface area contributed by atoms with E-state index >= 15 is 0 Å². The molecule has 1 amide bonds. The van der Waals surface area contributed by atoms with Gasteiger partial charge in [-0.05, 0) is 25.0 Å². The van der Waals surface area contributed by atoms with Crippen molar-refractivity contribution in [2.75, 3.05) is 11.9 Å². The molecule has 1 heterocycles. The molecule has 0 radical (unpaired) electrons. The predicted octanol–water partition coefficient (Wildman–Crippen LogP) is 0.117. The van der Waals surface area contributed by atoms with E-state index in [1.807, 2.05) is 0 Å². The quantitative estimate of drug-likeness (QED) is 0.654. The minimum absolute atomic E-state index is 0.0434. The number of carbonyl (C=O) groups excluding carboxylic acids is 1. The van der Waals surface area contributed by atoms with Crippen molar-refractivity contribution in [3.05, 3.63) is 23.9 Å². The second-order valence-electron chi connectivity index (χ2n) is 3.83. The number of nitrogens with two attached hydrogens (primary N) is 1. The van der Waals surface area contributed by atoms with Crippen molar-refractivity contribution >= 4 is 11.7 Å². The van der Waals surface area contributed by atoms with Crippen molar-refractivity contribution in [1.29, 1.82) is 0 Å². The minimum atomic E-state index is -0.515. The topological polar surface area (TPSA) is 88.2 Å². The highest BCUT2D eigenvalue weighted by molar-refractivity contribution is 5.97. The SMILES string of the molecule is NC(=O)c1cccnc1NC1(CO)CC1. The number of primary amides is 1. The van der Waals surface area contributed by atoms with Crippen molar-refractivity contribution in [2.45, 2.75) is 18.4 Å². The van der Waals surface area contributed by atoms with Crippen molar-refractivity contribution in [2.24, 2.45) is 5.73 Å². The van der Waals surface area contributed by atoms with Crippen LogP contribution >= 0.6 is 0 Å². The van der Waals surface area contributed by atoms with Crippen LogP contribution in [-0.2, 0) is 0 Å². The van der Waals surface area contributed by atoms with Gasteiger partial charge in [0, 0.05) is 6.20 Å². The number of hydrogen-bond donors (Lipinski definition) is 3. The Balaban J connectivity index is 2.24. The van der Waals surface area contributed by atoms with E-state index in [9.17, 15) is 4.79 Å². The molecule has 0 aromatic carbocycles. The van der Waals surface area contributed by atoms with E-state index in [4.69, 9.17) is 10.8 Å². The average Bonchev–Trinajstić information content (AvgIpc) is 2.99. The smallest absolute Gasteiger partial charge is 0.252 e. The van der Waals surface area contributed by atoms with Gasteiger partial charge in [-0.15, -0.1) is 0 Å². The van der Waals surface area contributed by atoms with Gasteiger partial charge in [-0.3, -0.25) is 4.79 Å². The van der Waals surface area contributed by atoms with Crippen LogP contribution in [0.3, 0.4) is 0 Å². The van der Waals surface area contributed by atoms with E-state index in [1.165, 1.54) is 0 Å². The number of pyridine rings is 1. The number of amides is 1. The predicted molar refractivity (Wildman–Crippen MR) is 55.4 cm³/mol. The summed E-state index contributed by atoms with van der Waals surface area (Å²) < 4.78 is 0. The molecule has 0 atom stereocenters. The van der Waals surface area contributed by atoms with Gasteiger partial charge in [-0.25, -0.2) is 4.98 Å². The first-order chi connectivity index (χ1) is 7.17. The zero-order valence-electron chi connectivity index (χ0n) is 8.23. The Morgan fingerprint density at radius 3 is 2.93 bits per heavy atom. The van der Waals surface area contributed by atoms with E-state index < -0.39 is 5.91 Å². The third-order valence-corrected chi connectivity index (χ3v) is 2.61. The molecule has 0 aliphatic heterocycles. The summed E-state index contributed by atoms with van der Waals surface area (Å²) in [7, 11) is 0. The van der Waals surface area contributed by atoms with E-state index in [0.717, 1.165) is 12.8 Å². The number of rotatable bonds is 4. The van der Waals surface area contributed by atoms with E-state index in [2.05, 4.69) is 10.3 Å². The number of carbonyl (C=O) groups is 1. The summed E-state index contributed by atoms with van der Waals surface area (Å²) >= 11 is 0. The summed E-state index contributed by atoms with van der Waals surface area (Å²) in [6, 6.07) is 3.27. The fourth-order valence-electron chi connectivity index (χ4n) is 1.43. The number of aliphatic hydroxyl groups excluding tert-OH is 1. The normalized spacial score (nSPS) is 17.1. The molecule has 1 aliphatic rings. The molecule has 1 saturated carbocycles. The first-order valence-electron chi connectivity index (χ1n) is 4.81. The molecule has 1 aromatic rings. The van der Waals surface area contributed by atoms with Crippen LogP contribution in [0.15, 0.2) is 18.3 Å². The second kappa shape index (κ2) is 3.51. The van der Waals surface area contributed by atoms with Gasteiger partial charge in [0.2, 0.25) is 0 Å². The zero-order chi connectivity index (χ0) is 10.9. The summed E-state index contributed by atoms with van der Waals surface area (Å²) in [6.07, 6.45) is 3.36. The minimum Gasteiger partial charge on any atom is -0.394 e. The highest BCUT2D eigenvalue weighted by Gasteiger charge is 2.42. The van der Waals surface area contributed by atoms with Crippen molar-refractivity contribution in [3.63, 3.8) is 0 Å². The fraction of sp³-hybridized carbons (Fsp3) is 0.400. The van der Waals surface area contributed by atoms with Crippen LogP contribution in [0.5, 0.6) is 0 Å². The van der Waals surface area contributed by atoms with Gasteiger partial charge in [0.1, 0.15) is 5.82 Å². The first-order valence-corrected chi connectivity index (χ1v) is 4.81. The highest BCUT2D eigenvalue weighted by atomic mass is 16.3. The number of nitrogens with one attached hydrogen (secondary N) is 1. The first kappa shape index (κ1) is 9.92. The van der Waals surface area contributed by atoms with Crippen LogP contribution in [0, 0.1) is 0 Å². The van der Waals surface area contributed by atoms with Crippen LogP contribution in [-0.4, -0.2) is 28.1 Å². The van der Waals surface area contributed by atoms with Crippen molar-refractivity contribution < 1.29 is 9.90 Å². The van der Waals surface area contributed by atoms with Gasteiger partial charge >= 0.3 is 0 Å². The molecule has 1 aromatic heterocycles. The van der Waals surface area contributed by atoms with Crippen LogP contribution in [0.25, 0.3) is 0 Å². The van der Waals surface area contributed by atoms with E-state index in [-0.39, 0.29) is 12.1 Å². The fourth-order valence-corrected chi connectivity index (χ4v) is 1.43. The summed E-state index contributed by atoms with van der Waals surface area (Å²) in [6.45, 7) is 0.0434. The van der Waals surface area contributed by atoms with Crippen molar-refractivity contribution in [1.82, 2.24) is 4.98 Å². The molecule has 15 heavy (non-hydrogen) atoms. The zero-order valence-corrected chi connectivity index (χ0v) is 8.23. The maximum absolute atomic E-state index is 11.1. The third kappa shape index (κ3) is 1.92. The van der Waals surface area contributed by atoms with Crippen molar-refractivity contribution in [3.8, 4) is 0 Å². The number of aliphatic hydroxyl groups is 1. The summed E-state index contributed by atoms with van der Waals surface area (Å²) in [4.78, 5) is 15.1. The maximum Gasteiger partial charge on any atom is 0.252 e. The Hall–Kier alpha value is -1.62. The molecule has 1 fully saturated rings. The molecule has 80 valence electrons. The van der Waals surface area contributed by atoms with E-state index in [1.54, 1.807) is 18.3 Å². The van der Waals surface area contributed by atoms with Gasteiger partial charge in [0.15, 0.2) is 0 Å². The monoisotopic (exact) mass is 207 g/mol. The van der Waals surface area contributed by atoms with E-state index in [0.29, 0.717) is 11.4 Å². The molecule has 5 heteroatoms. The lowest BCUT2D eigenvalue weighted by Gasteiger charge is -2.16. The van der Waals surface area contributed by atoms with Gasteiger partial charge in [0.05, 0.1) is 17.7 Å². The average molecular weight is 207 g/mol. The molecule has 4 N–H and O–H groups in total. The number of aromatic nitrogens is 1. The Labute approximate surface area is 87.3 Å². The molecule has 5 nitrogen and oxygen atoms in total. The highest BCUT2D eigenvalue weighted by Crippen LogP contribution is 2.38. The lowest BCUT2D eigenvalue weighted by molar-refractivity contribution is 0.100. The van der Waals surface area contributed by atoms with Crippen LogP contribution in [0.2, 0.25) is 0 Å². The standard InChI is InChI=1S/C10H13N3O2/c11-8(15)7-2-1-5-12-9(7)13-10(6-14)3-4-10/h1-2,5,14H,3-4,6H2,(H2,11,15)(H,12,13). The Morgan fingerprint density at radius 1 is 1.67 bits per heavy atom. The molecular weight excluding hydrogens is 194 g/mol. The molecule has 0 unspecified atom stereocenters. The van der Waals surface area contributed by atoms with Crippen LogP contribution in [0.4, 0.5) is 5.82 Å². The molecular formula is C10H13N3O2. The van der Waals surface area contributed by atoms with Crippen LogP contribution < -0.4 is 11.1 Å². The maximum atomic E-state index is 11.1. The number of nitrogens with zero attached hydrogens (tertiary/aromatic N) is 1. The lowest BCUT2D eigenvalue weighted by Crippen LogP contribution is -2.28.